The van der Waals surface area contributed by atoms with Crippen LogP contribution < -0.4 is 10.6 Å². The van der Waals surface area contributed by atoms with E-state index >= 15 is 0 Å². The predicted octanol–water partition coefficient (Wildman–Crippen LogP) is 1.88. The number of hydrogen-bond donors (Lipinski definition) is 1. The molecule has 2 N–H and O–H groups in total. The molecular formula is C15H21N3O. The maximum Gasteiger partial charge on any atom is 0.250 e. The maximum absolute atomic E-state index is 12.0. The molecule has 0 saturated heterocycles. The highest BCUT2D eigenvalue weighted by Gasteiger charge is 2.24. The number of rotatable bonds is 5. The number of carbonyl (C=O) groups excluding carboxylic acids is 1. The molecule has 1 aliphatic carbocycles. The number of nitrogens with zero attached hydrogens (tertiary/aromatic N) is 2. The molecule has 0 spiro atoms. The van der Waals surface area contributed by atoms with E-state index in [1.54, 1.807) is 24.1 Å². The predicted molar refractivity (Wildman–Crippen MR) is 79.1 cm³/mol. The van der Waals surface area contributed by atoms with Crippen molar-refractivity contribution in [3.05, 3.63) is 36.4 Å². The lowest BCUT2D eigenvalue weighted by Gasteiger charge is -2.16. The highest BCUT2D eigenvalue weighted by atomic mass is 16.2. The molecule has 1 saturated carbocycles. The molecule has 1 fully saturated rings. The lowest BCUT2D eigenvalue weighted by Crippen LogP contribution is -2.25. The molecule has 0 aromatic heterocycles. The quantitative estimate of drug-likeness (QED) is 0.649. The Bertz CT molecular complexity index is 480. The van der Waals surface area contributed by atoms with Gasteiger partial charge in [0.05, 0.1) is 0 Å². The highest BCUT2D eigenvalue weighted by Crippen LogP contribution is 2.24. The summed E-state index contributed by atoms with van der Waals surface area (Å²) in [6.45, 7) is 0.821. The van der Waals surface area contributed by atoms with Crippen LogP contribution in [0.4, 0.5) is 11.4 Å². The van der Waals surface area contributed by atoms with Gasteiger partial charge in [-0.2, -0.15) is 0 Å². The van der Waals surface area contributed by atoms with E-state index in [4.69, 9.17) is 5.73 Å². The fourth-order valence-corrected chi connectivity index (χ4v) is 1.96. The largest absolute Gasteiger partial charge is 0.399 e. The second-order valence-corrected chi connectivity index (χ2v) is 5.07. The molecule has 1 aliphatic rings. The van der Waals surface area contributed by atoms with Crippen LogP contribution in [0.1, 0.15) is 12.8 Å². The summed E-state index contributed by atoms with van der Waals surface area (Å²) in [6, 6.07) is 8.04. The van der Waals surface area contributed by atoms with Crippen molar-refractivity contribution in [1.29, 1.82) is 0 Å². The molecular weight excluding hydrogens is 238 g/mol. The molecule has 1 aromatic rings. The molecule has 102 valence electrons. The average molecular weight is 259 g/mol. The fourth-order valence-electron chi connectivity index (χ4n) is 1.96. The molecule has 1 amide bonds. The third kappa shape index (κ3) is 3.83. The van der Waals surface area contributed by atoms with Crippen LogP contribution >= 0.6 is 0 Å². The highest BCUT2D eigenvalue weighted by molar-refractivity contribution is 6.01. The standard InChI is InChI=1S/C15H21N3O/c1-17(13-8-9-13)10-4-7-15(19)18(2)14-6-3-5-12(16)11-14/h3-7,11,13H,8-10,16H2,1-2H3/b7-4+. The van der Waals surface area contributed by atoms with E-state index < -0.39 is 0 Å². The van der Waals surface area contributed by atoms with Crippen molar-refractivity contribution in [3.8, 4) is 0 Å². The Hall–Kier alpha value is -1.81. The maximum atomic E-state index is 12.0. The van der Waals surface area contributed by atoms with Crippen LogP contribution in [-0.4, -0.2) is 37.5 Å². The van der Waals surface area contributed by atoms with Crippen molar-refractivity contribution >= 4 is 17.3 Å². The van der Waals surface area contributed by atoms with Crippen LogP contribution in [0.5, 0.6) is 0 Å². The van der Waals surface area contributed by atoms with Crippen molar-refractivity contribution < 1.29 is 4.79 Å². The van der Waals surface area contributed by atoms with E-state index in [1.165, 1.54) is 12.8 Å². The first-order chi connectivity index (χ1) is 9.08. The van der Waals surface area contributed by atoms with E-state index in [2.05, 4.69) is 11.9 Å². The number of nitrogen functional groups attached to an aromatic ring is 1. The minimum absolute atomic E-state index is 0.0326. The number of likely N-dealkylation sites (N-methyl/N-ethyl adjacent to an activating group) is 2. The van der Waals surface area contributed by atoms with Crippen LogP contribution in [0, 0.1) is 0 Å². The number of benzene rings is 1. The monoisotopic (exact) mass is 259 g/mol. The van der Waals surface area contributed by atoms with Gasteiger partial charge < -0.3 is 10.6 Å². The lowest BCUT2D eigenvalue weighted by atomic mass is 10.2. The Kier molecular flexibility index (Phi) is 4.22. The number of nitrogens with two attached hydrogens (primary N) is 1. The minimum Gasteiger partial charge on any atom is -0.399 e. The van der Waals surface area contributed by atoms with Crippen LogP contribution in [-0.2, 0) is 4.79 Å². The Balaban J connectivity index is 1.89. The Morgan fingerprint density at radius 3 is 2.79 bits per heavy atom. The second kappa shape index (κ2) is 5.89. The van der Waals surface area contributed by atoms with Crippen molar-refractivity contribution in [2.24, 2.45) is 0 Å². The molecule has 0 aliphatic heterocycles. The number of carbonyl (C=O) groups is 1. The van der Waals surface area contributed by atoms with Gasteiger partial charge >= 0.3 is 0 Å². The number of hydrogen-bond acceptors (Lipinski definition) is 3. The van der Waals surface area contributed by atoms with Gasteiger partial charge in [-0.05, 0) is 38.1 Å². The van der Waals surface area contributed by atoms with Crippen molar-refractivity contribution in [2.45, 2.75) is 18.9 Å². The first-order valence-electron chi connectivity index (χ1n) is 6.58. The molecule has 2 rings (SSSR count). The van der Waals surface area contributed by atoms with Crippen molar-refractivity contribution in [3.63, 3.8) is 0 Å². The van der Waals surface area contributed by atoms with Gasteiger partial charge in [0.25, 0.3) is 0 Å². The van der Waals surface area contributed by atoms with Crippen LogP contribution in [0.25, 0.3) is 0 Å². The SMILES string of the molecule is CN(C(=O)/C=C/CN(C)C1CC1)c1cccc(N)c1. The van der Waals surface area contributed by atoms with E-state index in [1.807, 2.05) is 24.3 Å². The normalized spacial score (nSPS) is 15.1. The van der Waals surface area contributed by atoms with Gasteiger partial charge in [0.2, 0.25) is 5.91 Å². The second-order valence-electron chi connectivity index (χ2n) is 5.07. The summed E-state index contributed by atoms with van der Waals surface area (Å²) in [5, 5.41) is 0. The summed E-state index contributed by atoms with van der Waals surface area (Å²) in [4.78, 5) is 15.9. The van der Waals surface area contributed by atoms with Gasteiger partial charge in [0, 0.05) is 37.1 Å². The Morgan fingerprint density at radius 2 is 2.16 bits per heavy atom. The van der Waals surface area contributed by atoms with E-state index in [-0.39, 0.29) is 5.91 Å². The molecule has 0 unspecified atom stereocenters. The van der Waals surface area contributed by atoms with Gasteiger partial charge in [-0.1, -0.05) is 12.1 Å². The first-order valence-corrected chi connectivity index (χ1v) is 6.58. The zero-order valence-corrected chi connectivity index (χ0v) is 11.5. The molecule has 4 nitrogen and oxygen atoms in total. The van der Waals surface area contributed by atoms with E-state index in [0.29, 0.717) is 11.7 Å². The summed E-state index contributed by atoms with van der Waals surface area (Å²) in [5.41, 5.74) is 7.19. The summed E-state index contributed by atoms with van der Waals surface area (Å²) in [7, 11) is 3.85. The molecule has 0 radical (unpaired) electrons. The van der Waals surface area contributed by atoms with Crippen molar-refractivity contribution in [1.82, 2.24) is 4.90 Å². The Morgan fingerprint density at radius 1 is 1.42 bits per heavy atom. The Labute approximate surface area is 114 Å². The molecule has 19 heavy (non-hydrogen) atoms. The third-order valence-corrected chi connectivity index (χ3v) is 3.41. The van der Waals surface area contributed by atoms with Crippen LogP contribution in [0.15, 0.2) is 36.4 Å². The van der Waals surface area contributed by atoms with E-state index in [9.17, 15) is 4.79 Å². The van der Waals surface area contributed by atoms with Gasteiger partial charge in [-0.15, -0.1) is 0 Å². The van der Waals surface area contributed by atoms with Crippen LogP contribution in [0.3, 0.4) is 0 Å². The fraction of sp³-hybridized carbons (Fsp3) is 0.400. The first kappa shape index (κ1) is 13.6. The van der Waals surface area contributed by atoms with Gasteiger partial charge in [0.1, 0.15) is 0 Å². The number of anilines is 2. The summed E-state index contributed by atoms with van der Waals surface area (Å²) >= 11 is 0. The van der Waals surface area contributed by atoms with Gasteiger partial charge in [-0.3, -0.25) is 9.69 Å². The van der Waals surface area contributed by atoms with Crippen molar-refractivity contribution in [2.75, 3.05) is 31.3 Å². The molecule has 4 heteroatoms. The van der Waals surface area contributed by atoms with Crippen LogP contribution in [0.2, 0.25) is 0 Å². The van der Waals surface area contributed by atoms with Gasteiger partial charge in [-0.25, -0.2) is 0 Å². The minimum atomic E-state index is -0.0326. The summed E-state index contributed by atoms with van der Waals surface area (Å²) in [6.07, 6.45) is 6.11. The summed E-state index contributed by atoms with van der Waals surface area (Å²) < 4.78 is 0. The average Bonchev–Trinajstić information content (AvgIpc) is 3.21. The summed E-state index contributed by atoms with van der Waals surface area (Å²) in [5.74, 6) is -0.0326. The number of amides is 1. The molecule has 1 aromatic carbocycles. The smallest absolute Gasteiger partial charge is 0.250 e. The topological polar surface area (TPSA) is 49.6 Å². The zero-order chi connectivity index (χ0) is 13.8. The third-order valence-electron chi connectivity index (χ3n) is 3.41. The molecule has 0 bridgehead atoms. The lowest BCUT2D eigenvalue weighted by molar-refractivity contribution is -0.113. The molecule has 0 atom stereocenters. The molecule has 0 heterocycles. The van der Waals surface area contributed by atoms with Gasteiger partial charge in [0.15, 0.2) is 0 Å². The van der Waals surface area contributed by atoms with E-state index in [0.717, 1.165) is 12.2 Å². The zero-order valence-electron chi connectivity index (χ0n) is 11.5.